The molecule has 0 spiro atoms. The van der Waals surface area contributed by atoms with Gasteiger partial charge >= 0.3 is 0 Å². The number of aliphatic hydroxyl groups excluding tert-OH is 1. The first kappa shape index (κ1) is 12.4. The van der Waals surface area contributed by atoms with E-state index in [9.17, 15) is 5.11 Å². The zero-order chi connectivity index (χ0) is 12.1. The molecule has 1 atom stereocenters. The van der Waals surface area contributed by atoms with Crippen molar-refractivity contribution in [1.82, 2.24) is 4.98 Å². The van der Waals surface area contributed by atoms with E-state index in [0.29, 0.717) is 0 Å². The molecule has 1 unspecified atom stereocenters. The van der Waals surface area contributed by atoms with E-state index in [1.165, 1.54) is 25.7 Å². The fourth-order valence-corrected chi connectivity index (χ4v) is 2.62. The number of pyridine rings is 1. The highest BCUT2D eigenvalue weighted by molar-refractivity contribution is 5.46. The molecule has 0 bridgehead atoms. The molecule has 17 heavy (non-hydrogen) atoms. The first-order valence-electron chi connectivity index (χ1n) is 6.64. The maximum atomic E-state index is 9.35. The number of hydrogen-bond acceptors (Lipinski definition) is 3. The highest BCUT2D eigenvalue weighted by Gasteiger charge is 2.18. The Balaban J connectivity index is 2.11. The van der Waals surface area contributed by atoms with Crippen molar-refractivity contribution in [2.75, 3.05) is 18.0 Å². The van der Waals surface area contributed by atoms with Crippen molar-refractivity contribution in [3.05, 3.63) is 23.9 Å². The van der Waals surface area contributed by atoms with Crippen LogP contribution in [0.2, 0.25) is 0 Å². The Hall–Kier alpha value is -1.09. The van der Waals surface area contributed by atoms with Gasteiger partial charge in [-0.3, -0.25) is 0 Å². The van der Waals surface area contributed by atoms with Gasteiger partial charge in [-0.15, -0.1) is 0 Å². The molecule has 1 fully saturated rings. The van der Waals surface area contributed by atoms with E-state index in [1.807, 2.05) is 18.3 Å². The molecule has 1 aromatic rings. The maximum Gasteiger partial charge on any atom is 0.134 e. The molecular weight excluding hydrogens is 212 g/mol. The summed E-state index contributed by atoms with van der Waals surface area (Å²) >= 11 is 0. The van der Waals surface area contributed by atoms with Crippen LogP contribution in [-0.4, -0.2) is 23.2 Å². The van der Waals surface area contributed by atoms with Crippen LogP contribution in [0.3, 0.4) is 0 Å². The standard InChI is InChI=1S/C14H22N2O/c1-2-12-5-4-9-16(10-7-12)14-13(11-17)6-3-8-15-14/h3,6,8,12,17H,2,4-5,7,9-11H2,1H3. The van der Waals surface area contributed by atoms with Crippen LogP contribution in [0, 0.1) is 5.92 Å². The number of rotatable bonds is 3. The zero-order valence-corrected chi connectivity index (χ0v) is 10.6. The van der Waals surface area contributed by atoms with Crippen molar-refractivity contribution < 1.29 is 5.11 Å². The molecule has 0 radical (unpaired) electrons. The molecule has 3 heteroatoms. The zero-order valence-electron chi connectivity index (χ0n) is 10.6. The predicted octanol–water partition coefficient (Wildman–Crippen LogP) is 2.59. The fourth-order valence-electron chi connectivity index (χ4n) is 2.62. The summed E-state index contributed by atoms with van der Waals surface area (Å²) < 4.78 is 0. The molecule has 0 aromatic carbocycles. The summed E-state index contributed by atoms with van der Waals surface area (Å²) in [4.78, 5) is 6.77. The summed E-state index contributed by atoms with van der Waals surface area (Å²) in [6.45, 7) is 4.50. The first-order chi connectivity index (χ1) is 8.35. The summed E-state index contributed by atoms with van der Waals surface area (Å²) in [5, 5.41) is 9.35. The maximum absolute atomic E-state index is 9.35. The largest absolute Gasteiger partial charge is 0.392 e. The van der Waals surface area contributed by atoms with Gasteiger partial charge in [0, 0.05) is 24.8 Å². The Morgan fingerprint density at radius 3 is 3.06 bits per heavy atom. The van der Waals surface area contributed by atoms with Crippen LogP contribution in [0.25, 0.3) is 0 Å². The van der Waals surface area contributed by atoms with Crippen LogP contribution < -0.4 is 4.90 Å². The molecule has 1 aliphatic heterocycles. The van der Waals surface area contributed by atoms with E-state index < -0.39 is 0 Å². The van der Waals surface area contributed by atoms with Gasteiger partial charge in [0.1, 0.15) is 5.82 Å². The second kappa shape index (κ2) is 6.01. The fraction of sp³-hybridized carbons (Fsp3) is 0.643. The minimum atomic E-state index is 0.0802. The lowest BCUT2D eigenvalue weighted by molar-refractivity contribution is 0.281. The number of hydrogen-bond donors (Lipinski definition) is 1. The summed E-state index contributed by atoms with van der Waals surface area (Å²) in [5.74, 6) is 1.84. The summed E-state index contributed by atoms with van der Waals surface area (Å²) in [5.41, 5.74) is 0.947. The van der Waals surface area contributed by atoms with Gasteiger partial charge in [-0.05, 0) is 31.2 Å². The molecule has 1 saturated heterocycles. The van der Waals surface area contributed by atoms with Crippen molar-refractivity contribution in [2.45, 2.75) is 39.2 Å². The van der Waals surface area contributed by atoms with Crippen LogP contribution in [0.1, 0.15) is 38.2 Å². The number of aliphatic hydroxyl groups is 1. The topological polar surface area (TPSA) is 36.4 Å². The Bertz CT molecular complexity index is 354. The monoisotopic (exact) mass is 234 g/mol. The van der Waals surface area contributed by atoms with Gasteiger partial charge in [-0.2, -0.15) is 0 Å². The van der Waals surface area contributed by atoms with Crippen LogP contribution >= 0.6 is 0 Å². The van der Waals surface area contributed by atoms with Crippen molar-refractivity contribution in [3.63, 3.8) is 0 Å². The lowest BCUT2D eigenvalue weighted by Crippen LogP contribution is -2.26. The van der Waals surface area contributed by atoms with Crippen molar-refractivity contribution in [2.24, 2.45) is 5.92 Å². The predicted molar refractivity (Wildman–Crippen MR) is 70.0 cm³/mol. The molecular formula is C14H22N2O. The van der Waals surface area contributed by atoms with E-state index in [1.54, 1.807) is 0 Å². The quantitative estimate of drug-likeness (QED) is 0.873. The van der Waals surface area contributed by atoms with Crippen molar-refractivity contribution >= 4 is 5.82 Å². The van der Waals surface area contributed by atoms with E-state index in [4.69, 9.17) is 0 Å². The van der Waals surface area contributed by atoms with Gasteiger partial charge in [0.25, 0.3) is 0 Å². The molecule has 1 aromatic heterocycles. The number of nitrogens with zero attached hydrogens (tertiary/aromatic N) is 2. The molecule has 0 amide bonds. The third kappa shape index (κ3) is 2.97. The van der Waals surface area contributed by atoms with Crippen LogP contribution in [0.15, 0.2) is 18.3 Å². The molecule has 3 nitrogen and oxygen atoms in total. The van der Waals surface area contributed by atoms with Crippen molar-refractivity contribution in [1.29, 1.82) is 0 Å². The summed E-state index contributed by atoms with van der Waals surface area (Å²) in [6, 6.07) is 3.85. The molecule has 2 heterocycles. The van der Waals surface area contributed by atoms with Crippen LogP contribution in [0.5, 0.6) is 0 Å². The van der Waals surface area contributed by atoms with Crippen LogP contribution in [-0.2, 0) is 6.61 Å². The highest BCUT2D eigenvalue weighted by Crippen LogP contribution is 2.25. The van der Waals surface area contributed by atoms with Gasteiger partial charge in [0.2, 0.25) is 0 Å². The van der Waals surface area contributed by atoms with E-state index in [2.05, 4.69) is 16.8 Å². The van der Waals surface area contributed by atoms with Gasteiger partial charge in [0.05, 0.1) is 6.61 Å². The minimum Gasteiger partial charge on any atom is -0.392 e. The Kier molecular flexibility index (Phi) is 4.37. The molecule has 0 saturated carbocycles. The lowest BCUT2D eigenvalue weighted by Gasteiger charge is -2.23. The summed E-state index contributed by atoms with van der Waals surface area (Å²) in [7, 11) is 0. The van der Waals surface area contributed by atoms with E-state index in [-0.39, 0.29) is 6.61 Å². The lowest BCUT2D eigenvalue weighted by atomic mass is 9.98. The van der Waals surface area contributed by atoms with Gasteiger partial charge < -0.3 is 10.0 Å². The van der Waals surface area contributed by atoms with Gasteiger partial charge in [-0.1, -0.05) is 19.4 Å². The third-order valence-electron chi connectivity index (χ3n) is 3.76. The third-order valence-corrected chi connectivity index (χ3v) is 3.76. The average molecular weight is 234 g/mol. The highest BCUT2D eigenvalue weighted by atomic mass is 16.3. The normalized spacial score (nSPS) is 21.3. The number of anilines is 1. The van der Waals surface area contributed by atoms with Gasteiger partial charge in [-0.25, -0.2) is 4.98 Å². The van der Waals surface area contributed by atoms with Crippen LogP contribution in [0.4, 0.5) is 5.82 Å². The molecule has 94 valence electrons. The van der Waals surface area contributed by atoms with Crippen molar-refractivity contribution in [3.8, 4) is 0 Å². The smallest absolute Gasteiger partial charge is 0.134 e. The summed E-state index contributed by atoms with van der Waals surface area (Å²) in [6.07, 6.45) is 6.91. The molecule has 1 aliphatic rings. The Morgan fingerprint density at radius 2 is 2.29 bits per heavy atom. The SMILES string of the molecule is CCC1CCCN(c2ncccc2CO)CC1. The minimum absolute atomic E-state index is 0.0802. The molecule has 2 rings (SSSR count). The Morgan fingerprint density at radius 1 is 1.41 bits per heavy atom. The number of aromatic nitrogens is 1. The Labute approximate surface area is 103 Å². The second-order valence-corrected chi connectivity index (χ2v) is 4.84. The molecule has 0 aliphatic carbocycles. The van der Waals surface area contributed by atoms with Gasteiger partial charge in [0.15, 0.2) is 0 Å². The second-order valence-electron chi connectivity index (χ2n) is 4.84. The molecule has 1 N–H and O–H groups in total. The average Bonchev–Trinajstić information content (AvgIpc) is 2.63. The first-order valence-corrected chi connectivity index (χ1v) is 6.64. The van der Waals surface area contributed by atoms with E-state index >= 15 is 0 Å². The van der Waals surface area contributed by atoms with E-state index in [0.717, 1.165) is 30.4 Å².